The first kappa shape index (κ1) is 12.4. The summed E-state index contributed by atoms with van der Waals surface area (Å²) in [6.07, 6.45) is -3.64. The van der Waals surface area contributed by atoms with Crippen molar-refractivity contribution >= 4 is 0 Å². The minimum atomic E-state index is -4.33. The van der Waals surface area contributed by atoms with Gasteiger partial charge in [-0.1, -0.05) is 12.1 Å². The van der Waals surface area contributed by atoms with Gasteiger partial charge in [0.25, 0.3) is 0 Å². The molecule has 0 spiro atoms. The van der Waals surface area contributed by atoms with E-state index >= 15 is 0 Å². The fourth-order valence-electron chi connectivity index (χ4n) is 0.991. The molecule has 5 heteroatoms. The van der Waals surface area contributed by atoms with Crippen LogP contribution in [0.3, 0.4) is 0 Å². The van der Waals surface area contributed by atoms with E-state index in [1.807, 2.05) is 0 Å². The summed E-state index contributed by atoms with van der Waals surface area (Å²) in [6, 6.07) is 6.87. The van der Waals surface area contributed by atoms with Gasteiger partial charge in [0.1, 0.15) is 12.4 Å². The number of benzene rings is 1. The van der Waals surface area contributed by atoms with Crippen LogP contribution < -0.4 is 4.74 Å². The molecule has 1 aromatic carbocycles. The number of allylic oxidation sites excluding steroid dienone is 1. The van der Waals surface area contributed by atoms with Gasteiger partial charge in [0, 0.05) is 0 Å². The molecule has 0 heterocycles. The average molecular weight is 232 g/mol. The lowest BCUT2D eigenvalue weighted by molar-refractivity contribution is -0.0817. The summed E-state index contributed by atoms with van der Waals surface area (Å²) < 4.78 is 44.8. The zero-order valence-electron chi connectivity index (χ0n) is 8.62. The number of hydrogen-bond donors (Lipinski definition) is 0. The van der Waals surface area contributed by atoms with Crippen LogP contribution >= 0.6 is 0 Å². The first-order valence-electron chi connectivity index (χ1n) is 4.50. The standard InChI is InChI=1S/C11H11F3O2/c1-15-10-4-2-9(3-5-10)8-16-7-6-11(12,13)14/h2-7H,8H2,1H3/b7-6-. The van der Waals surface area contributed by atoms with Gasteiger partial charge in [0.05, 0.1) is 19.4 Å². The molecule has 0 atom stereocenters. The van der Waals surface area contributed by atoms with Gasteiger partial charge in [-0.25, -0.2) is 0 Å². The van der Waals surface area contributed by atoms with Crippen molar-refractivity contribution in [1.82, 2.24) is 0 Å². The fraction of sp³-hybridized carbons (Fsp3) is 0.273. The summed E-state index contributed by atoms with van der Waals surface area (Å²) in [5, 5.41) is 0. The molecule has 88 valence electrons. The summed E-state index contributed by atoms with van der Waals surface area (Å²) in [6.45, 7) is 0.0938. The van der Waals surface area contributed by atoms with E-state index in [4.69, 9.17) is 9.47 Å². The number of methoxy groups -OCH3 is 1. The van der Waals surface area contributed by atoms with Crippen LogP contribution in [-0.4, -0.2) is 13.3 Å². The van der Waals surface area contributed by atoms with Gasteiger partial charge in [-0.15, -0.1) is 0 Å². The van der Waals surface area contributed by atoms with Crippen LogP contribution in [0.25, 0.3) is 0 Å². The Kier molecular flexibility index (Phi) is 4.22. The summed E-state index contributed by atoms with van der Waals surface area (Å²) in [7, 11) is 1.54. The van der Waals surface area contributed by atoms with Gasteiger partial charge in [-0.05, 0) is 17.7 Å². The Morgan fingerprint density at radius 2 is 1.81 bits per heavy atom. The number of alkyl halides is 3. The normalized spacial score (nSPS) is 11.8. The molecule has 1 rings (SSSR count). The van der Waals surface area contributed by atoms with Crippen molar-refractivity contribution < 1.29 is 22.6 Å². The average Bonchev–Trinajstić information content (AvgIpc) is 2.24. The molecule has 0 aromatic heterocycles. The molecular formula is C11H11F3O2. The van der Waals surface area contributed by atoms with Crippen LogP contribution in [0, 0.1) is 0 Å². The van der Waals surface area contributed by atoms with Crippen LogP contribution in [0.2, 0.25) is 0 Å². The van der Waals surface area contributed by atoms with Gasteiger partial charge in [0.2, 0.25) is 0 Å². The van der Waals surface area contributed by atoms with Crippen LogP contribution in [0.15, 0.2) is 36.6 Å². The van der Waals surface area contributed by atoms with E-state index in [2.05, 4.69) is 0 Å². The van der Waals surface area contributed by atoms with Crippen molar-refractivity contribution in [3.05, 3.63) is 42.2 Å². The maximum absolute atomic E-state index is 11.7. The van der Waals surface area contributed by atoms with E-state index in [0.717, 1.165) is 5.56 Å². The van der Waals surface area contributed by atoms with Gasteiger partial charge >= 0.3 is 6.18 Å². The summed E-state index contributed by atoms with van der Waals surface area (Å²) in [5.41, 5.74) is 0.771. The number of rotatable bonds is 4. The predicted octanol–water partition coefficient (Wildman–Crippen LogP) is 3.29. The molecule has 0 aliphatic carbocycles. The summed E-state index contributed by atoms with van der Waals surface area (Å²) in [5.74, 6) is 0.689. The maximum Gasteiger partial charge on any atom is 0.412 e. The van der Waals surface area contributed by atoms with Crippen molar-refractivity contribution in [3.8, 4) is 5.75 Å². The lowest BCUT2D eigenvalue weighted by Gasteiger charge is -2.03. The molecular weight excluding hydrogens is 221 g/mol. The molecule has 16 heavy (non-hydrogen) atoms. The molecule has 0 saturated carbocycles. The van der Waals surface area contributed by atoms with Crippen LogP contribution in [0.4, 0.5) is 13.2 Å². The van der Waals surface area contributed by atoms with Gasteiger partial charge in [-0.3, -0.25) is 0 Å². The Morgan fingerprint density at radius 3 is 2.31 bits per heavy atom. The molecule has 0 bridgehead atoms. The molecule has 0 saturated heterocycles. The topological polar surface area (TPSA) is 18.5 Å². The van der Waals surface area contributed by atoms with Crippen molar-refractivity contribution in [2.45, 2.75) is 12.8 Å². The first-order valence-corrected chi connectivity index (χ1v) is 4.50. The van der Waals surface area contributed by atoms with Gasteiger partial charge in [-0.2, -0.15) is 13.2 Å². The van der Waals surface area contributed by atoms with Crippen LogP contribution in [0.5, 0.6) is 5.75 Å². The molecule has 0 radical (unpaired) electrons. The molecule has 0 fully saturated rings. The largest absolute Gasteiger partial charge is 0.497 e. The highest BCUT2D eigenvalue weighted by atomic mass is 19.4. The lowest BCUT2D eigenvalue weighted by atomic mass is 10.2. The second-order valence-electron chi connectivity index (χ2n) is 3.00. The number of halogens is 3. The smallest absolute Gasteiger partial charge is 0.412 e. The Bertz CT molecular complexity index is 341. The molecule has 1 aromatic rings. The Labute approximate surface area is 91.3 Å². The third-order valence-corrected chi connectivity index (χ3v) is 1.76. The monoisotopic (exact) mass is 232 g/mol. The van der Waals surface area contributed by atoms with Crippen molar-refractivity contribution in [3.63, 3.8) is 0 Å². The molecule has 0 N–H and O–H groups in total. The summed E-state index contributed by atoms with van der Waals surface area (Å²) in [4.78, 5) is 0. The van der Waals surface area contributed by atoms with E-state index < -0.39 is 6.18 Å². The minimum absolute atomic E-state index is 0.0521. The SMILES string of the molecule is COc1ccc(CO/C=C\C(F)(F)F)cc1. The van der Waals surface area contributed by atoms with Crippen LogP contribution in [-0.2, 0) is 11.3 Å². The fourth-order valence-corrected chi connectivity index (χ4v) is 0.991. The Hall–Kier alpha value is -1.65. The van der Waals surface area contributed by atoms with Crippen molar-refractivity contribution in [2.75, 3.05) is 7.11 Å². The predicted molar refractivity (Wildman–Crippen MR) is 53.0 cm³/mol. The third-order valence-electron chi connectivity index (χ3n) is 1.76. The number of hydrogen-bond acceptors (Lipinski definition) is 2. The maximum atomic E-state index is 11.7. The lowest BCUT2D eigenvalue weighted by Crippen LogP contribution is -2.01. The summed E-state index contributed by atoms with van der Waals surface area (Å²) >= 11 is 0. The van der Waals surface area contributed by atoms with Gasteiger partial charge < -0.3 is 9.47 Å². The van der Waals surface area contributed by atoms with Crippen molar-refractivity contribution in [2.24, 2.45) is 0 Å². The Balaban J connectivity index is 2.40. The second kappa shape index (κ2) is 5.44. The molecule has 0 aliphatic heterocycles. The Morgan fingerprint density at radius 1 is 1.19 bits per heavy atom. The van der Waals surface area contributed by atoms with E-state index in [0.29, 0.717) is 12.0 Å². The van der Waals surface area contributed by atoms with E-state index in [-0.39, 0.29) is 12.7 Å². The zero-order chi connectivity index (χ0) is 12.0. The molecule has 2 nitrogen and oxygen atoms in total. The first-order chi connectivity index (χ1) is 7.51. The quantitative estimate of drug-likeness (QED) is 0.741. The highest BCUT2D eigenvalue weighted by Gasteiger charge is 2.22. The van der Waals surface area contributed by atoms with E-state index in [1.165, 1.54) is 7.11 Å². The zero-order valence-corrected chi connectivity index (χ0v) is 8.62. The second-order valence-corrected chi connectivity index (χ2v) is 3.00. The van der Waals surface area contributed by atoms with Crippen LogP contribution in [0.1, 0.15) is 5.56 Å². The highest BCUT2D eigenvalue weighted by Crippen LogP contribution is 2.16. The highest BCUT2D eigenvalue weighted by molar-refractivity contribution is 5.26. The third kappa shape index (κ3) is 4.72. The van der Waals surface area contributed by atoms with Crippen molar-refractivity contribution in [1.29, 1.82) is 0 Å². The van der Waals surface area contributed by atoms with E-state index in [9.17, 15) is 13.2 Å². The minimum Gasteiger partial charge on any atom is -0.497 e. The molecule has 0 amide bonds. The molecule has 0 aliphatic rings. The molecule has 0 unspecified atom stereocenters. The van der Waals surface area contributed by atoms with Gasteiger partial charge in [0.15, 0.2) is 0 Å². The number of ether oxygens (including phenoxy) is 2. The van der Waals surface area contributed by atoms with E-state index in [1.54, 1.807) is 24.3 Å².